The van der Waals surface area contributed by atoms with Crippen molar-refractivity contribution in [2.24, 2.45) is 11.7 Å². The summed E-state index contributed by atoms with van der Waals surface area (Å²) >= 11 is 0. The van der Waals surface area contributed by atoms with Gasteiger partial charge in [0.1, 0.15) is 0 Å². The van der Waals surface area contributed by atoms with Gasteiger partial charge in [-0.15, -0.1) is 0 Å². The third kappa shape index (κ3) is 2.94. The lowest BCUT2D eigenvalue weighted by Crippen LogP contribution is -2.41. The first-order chi connectivity index (χ1) is 6.90. The molecule has 1 unspecified atom stereocenters. The van der Waals surface area contributed by atoms with Gasteiger partial charge in [-0.3, -0.25) is 0 Å². The third-order valence-electron chi connectivity index (χ3n) is 3.37. The summed E-state index contributed by atoms with van der Waals surface area (Å²) in [6.07, 6.45) is 5.69. The molecule has 1 heterocycles. The Morgan fingerprint density at radius 2 is 2.14 bits per heavy atom. The summed E-state index contributed by atoms with van der Waals surface area (Å²) in [7, 11) is 0. The molecule has 0 amide bonds. The average molecular weight is 197 g/mol. The fourth-order valence-corrected chi connectivity index (χ4v) is 2.44. The fraction of sp³-hybridized carbons (Fsp3) is 1.00. The van der Waals surface area contributed by atoms with Crippen molar-refractivity contribution < 1.29 is 0 Å². The predicted octanol–water partition coefficient (Wildman–Crippen LogP) is 0.409. The first kappa shape index (κ1) is 10.4. The zero-order valence-electron chi connectivity index (χ0n) is 9.04. The van der Waals surface area contributed by atoms with Crippen LogP contribution in [0.5, 0.6) is 0 Å². The molecule has 0 spiro atoms. The summed E-state index contributed by atoms with van der Waals surface area (Å²) in [5, 5.41) is 3.43. The third-order valence-corrected chi connectivity index (χ3v) is 3.37. The lowest BCUT2D eigenvalue weighted by molar-refractivity contribution is 0.165. The van der Waals surface area contributed by atoms with E-state index in [2.05, 4.69) is 10.2 Å². The van der Waals surface area contributed by atoms with E-state index in [4.69, 9.17) is 5.73 Å². The quantitative estimate of drug-likeness (QED) is 0.627. The highest BCUT2D eigenvalue weighted by atomic mass is 15.2. The maximum absolute atomic E-state index is 5.46. The molecular weight excluding hydrogens is 174 g/mol. The smallest absolute Gasteiger partial charge is 0.00965 e. The summed E-state index contributed by atoms with van der Waals surface area (Å²) in [5.74, 6) is 0.871. The molecular formula is C11H23N3. The molecule has 0 radical (unpaired) electrons. The number of nitrogens with one attached hydrogen (secondary N) is 1. The van der Waals surface area contributed by atoms with E-state index in [9.17, 15) is 0 Å². The van der Waals surface area contributed by atoms with Crippen molar-refractivity contribution >= 4 is 0 Å². The van der Waals surface area contributed by atoms with E-state index >= 15 is 0 Å². The van der Waals surface area contributed by atoms with Crippen molar-refractivity contribution in [3.05, 3.63) is 0 Å². The molecule has 0 bridgehead atoms. The van der Waals surface area contributed by atoms with Gasteiger partial charge in [0.25, 0.3) is 0 Å². The number of hydrogen-bond donors (Lipinski definition) is 2. The number of rotatable bonds is 5. The van der Waals surface area contributed by atoms with Crippen molar-refractivity contribution in [3.63, 3.8) is 0 Å². The van der Waals surface area contributed by atoms with Crippen molar-refractivity contribution in [2.75, 3.05) is 32.7 Å². The van der Waals surface area contributed by atoms with E-state index in [0.717, 1.165) is 25.0 Å². The maximum Gasteiger partial charge on any atom is 0.00965 e. The summed E-state index contributed by atoms with van der Waals surface area (Å²) in [6.45, 7) is 5.57. The van der Waals surface area contributed by atoms with Crippen molar-refractivity contribution in [3.8, 4) is 0 Å². The molecule has 1 saturated carbocycles. The van der Waals surface area contributed by atoms with Gasteiger partial charge in [-0.25, -0.2) is 0 Å². The Labute approximate surface area is 87.0 Å². The van der Waals surface area contributed by atoms with Gasteiger partial charge < -0.3 is 16.0 Å². The van der Waals surface area contributed by atoms with Gasteiger partial charge in [-0.05, 0) is 44.7 Å². The maximum atomic E-state index is 5.46. The molecule has 1 saturated heterocycles. The predicted molar refractivity (Wildman–Crippen MR) is 59.2 cm³/mol. The topological polar surface area (TPSA) is 41.3 Å². The number of piperidine rings is 1. The Kier molecular flexibility index (Phi) is 3.79. The van der Waals surface area contributed by atoms with Crippen molar-refractivity contribution in [2.45, 2.75) is 31.7 Å². The van der Waals surface area contributed by atoms with Crippen LogP contribution in [-0.4, -0.2) is 43.7 Å². The number of nitrogens with two attached hydrogens (primary N) is 1. The monoisotopic (exact) mass is 197 g/mol. The van der Waals surface area contributed by atoms with E-state index in [1.54, 1.807) is 0 Å². The Bertz CT molecular complexity index is 168. The molecule has 0 aromatic carbocycles. The van der Waals surface area contributed by atoms with Crippen molar-refractivity contribution in [1.82, 2.24) is 10.2 Å². The van der Waals surface area contributed by atoms with Gasteiger partial charge in [-0.2, -0.15) is 0 Å². The first-order valence-electron chi connectivity index (χ1n) is 6.05. The van der Waals surface area contributed by atoms with Gasteiger partial charge in [0, 0.05) is 25.7 Å². The van der Waals surface area contributed by atoms with Crippen LogP contribution in [-0.2, 0) is 0 Å². The summed E-state index contributed by atoms with van der Waals surface area (Å²) in [5.41, 5.74) is 5.46. The second-order valence-electron chi connectivity index (χ2n) is 4.73. The molecule has 0 aromatic rings. The lowest BCUT2D eigenvalue weighted by Gasteiger charge is -2.32. The van der Waals surface area contributed by atoms with E-state index < -0.39 is 0 Å². The molecule has 82 valence electrons. The Balaban J connectivity index is 1.65. The number of nitrogens with zero attached hydrogens (tertiary/aromatic N) is 1. The van der Waals surface area contributed by atoms with Crippen LogP contribution in [0.2, 0.25) is 0 Å². The van der Waals surface area contributed by atoms with Crippen LogP contribution in [0.1, 0.15) is 25.7 Å². The minimum absolute atomic E-state index is 0.763. The van der Waals surface area contributed by atoms with E-state index in [1.807, 2.05) is 0 Å². The van der Waals surface area contributed by atoms with Crippen LogP contribution in [0.3, 0.4) is 0 Å². The lowest BCUT2D eigenvalue weighted by atomic mass is 9.98. The Morgan fingerprint density at radius 1 is 1.29 bits per heavy atom. The Hall–Kier alpha value is -0.120. The number of hydrogen-bond acceptors (Lipinski definition) is 3. The zero-order valence-corrected chi connectivity index (χ0v) is 9.04. The zero-order chi connectivity index (χ0) is 9.80. The van der Waals surface area contributed by atoms with Gasteiger partial charge in [0.2, 0.25) is 0 Å². The van der Waals surface area contributed by atoms with E-state index in [0.29, 0.717) is 0 Å². The largest absolute Gasteiger partial charge is 0.329 e. The Morgan fingerprint density at radius 3 is 2.86 bits per heavy atom. The second-order valence-corrected chi connectivity index (χ2v) is 4.73. The second kappa shape index (κ2) is 5.10. The van der Waals surface area contributed by atoms with Gasteiger partial charge in [0.15, 0.2) is 0 Å². The highest BCUT2D eigenvalue weighted by Crippen LogP contribution is 2.30. The standard InChI is InChI=1S/C11H23N3/c12-5-6-13-8-10-2-1-7-14(9-10)11-3-4-11/h10-11,13H,1-9,12H2. The molecule has 2 aliphatic rings. The summed E-state index contributed by atoms with van der Waals surface area (Å²) < 4.78 is 0. The highest BCUT2D eigenvalue weighted by Gasteiger charge is 2.32. The molecule has 1 aliphatic carbocycles. The molecule has 2 rings (SSSR count). The van der Waals surface area contributed by atoms with Crippen LogP contribution >= 0.6 is 0 Å². The first-order valence-corrected chi connectivity index (χ1v) is 6.05. The highest BCUT2D eigenvalue weighted by molar-refractivity contribution is 4.88. The van der Waals surface area contributed by atoms with Crippen molar-refractivity contribution in [1.29, 1.82) is 0 Å². The van der Waals surface area contributed by atoms with Gasteiger partial charge >= 0.3 is 0 Å². The molecule has 1 atom stereocenters. The van der Waals surface area contributed by atoms with Gasteiger partial charge in [-0.1, -0.05) is 0 Å². The minimum Gasteiger partial charge on any atom is -0.329 e. The van der Waals surface area contributed by atoms with Crippen LogP contribution in [0, 0.1) is 5.92 Å². The molecule has 2 fully saturated rings. The fourth-order valence-electron chi connectivity index (χ4n) is 2.44. The summed E-state index contributed by atoms with van der Waals surface area (Å²) in [6, 6.07) is 0.951. The number of likely N-dealkylation sites (tertiary alicyclic amines) is 1. The van der Waals surface area contributed by atoms with Crippen LogP contribution in [0.15, 0.2) is 0 Å². The molecule has 3 N–H and O–H groups in total. The molecule has 1 aliphatic heterocycles. The van der Waals surface area contributed by atoms with Gasteiger partial charge in [0.05, 0.1) is 0 Å². The SMILES string of the molecule is NCCNCC1CCCN(C2CC2)C1. The molecule has 3 nitrogen and oxygen atoms in total. The van der Waals surface area contributed by atoms with E-state index in [1.165, 1.54) is 45.3 Å². The minimum atomic E-state index is 0.763. The molecule has 14 heavy (non-hydrogen) atoms. The normalized spacial score (nSPS) is 29.4. The average Bonchev–Trinajstić information content (AvgIpc) is 3.02. The van der Waals surface area contributed by atoms with Crippen LogP contribution < -0.4 is 11.1 Å². The van der Waals surface area contributed by atoms with Crippen LogP contribution in [0.25, 0.3) is 0 Å². The van der Waals surface area contributed by atoms with Crippen LogP contribution in [0.4, 0.5) is 0 Å². The molecule has 3 heteroatoms. The van der Waals surface area contributed by atoms with E-state index in [-0.39, 0.29) is 0 Å². The summed E-state index contributed by atoms with van der Waals surface area (Å²) in [4.78, 5) is 2.69. The molecule has 0 aromatic heterocycles.